The minimum absolute atomic E-state index is 0.0900. The van der Waals surface area contributed by atoms with E-state index in [0.717, 1.165) is 16.2 Å². The molecule has 0 bridgehead atoms. The molecule has 0 spiro atoms. The number of thiazole rings is 1. The number of rotatable bonds is 6. The van der Waals surface area contributed by atoms with Gasteiger partial charge >= 0.3 is 11.9 Å². The molecule has 12 nitrogen and oxygen atoms in total. The number of carboxylic acid groups (broad SMARTS) is 1. The molecule has 5 N–H and O–H groups in total. The van der Waals surface area contributed by atoms with Crippen LogP contribution in [-0.4, -0.2) is 73.4 Å². The van der Waals surface area contributed by atoms with Crippen LogP contribution in [0.4, 0.5) is 5.13 Å². The molecule has 2 aliphatic heterocycles. The van der Waals surface area contributed by atoms with E-state index in [4.69, 9.17) is 10.5 Å². The Bertz CT molecular complexity index is 1000. The maximum atomic E-state index is 12.6. The number of hydrogen-bond acceptors (Lipinski definition) is 11. The molecule has 14 heteroatoms. The number of anilines is 1. The number of ether oxygens (including phenoxy) is 1. The first-order valence-electron chi connectivity index (χ1n) is 8.45. The Morgan fingerprint density at radius 3 is 2.67 bits per heavy atom. The van der Waals surface area contributed by atoms with E-state index in [2.05, 4.69) is 15.5 Å². The lowest BCUT2D eigenvalue weighted by atomic mass is 10.0. The lowest BCUT2D eigenvalue weighted by molar-refractivity contribution is -0.150. The summed E-state index contributed by atoms with van der Waals surface area (Å²) in [6, 6.07) is -1.03. The van der Waals surface area contributed by atoms with Crippen LogP contribution in [0.2, 0.25) is 0 Å². The Morgan fingerprint density at radius 1 is 1.43 bits per heavy atom. The monoisotopic (exact) mass is 455 g/mol. The molecule has 1 aromatic rings. The predicted molar refractivity (Wildman–Crippen MR) is 106 cm³/mol. The topological polar surface area (TPSA) is 185 Å². The number of aromatic nitrogens is 1. The summed E-state index contributed by atoms with van der Waals surface area (Å²) in [7, 11) is 0. The number of esters is 1. The summed E-state index contributed by atoms with van der Waals surface area (Å²) < 4.78 is 4.86. The van der Waals surface area contributed by atoms with Gasteiger partial charge in [-0.25, -0.2) is 9.78 Å². The van der Waals surface area contributed by atoms with Gasteiger partial charge in [-0.1, -0.05) is 5.16 Å². The van der Waals surface area contributed by atoms with Gasteiger partial charge in [-0.2, -0.15) is 0 Å². The number of carboxylic acids is 1. The van der Waals surface area contributed by atoms with Crippen molar-refractivity contribution in [1.29, 1.82) is 0 Å². The van der Waals surface area contributed by atoms with Crippen LogP contribution in [0.5, 0.6) is 0 Å². The normalized spacial score (nSPS) is 21.1. The largest absolute Gasteiger partial charge is 0.477 e. The van der Waals surface area contributed by atoms with Crippen molar-refractivity contribution in [3.63, 3.8) is 0 Å². The van der Waals surface area contributed by atoms with E-state index in [1.165, 1.54) is 18.7 Å². The van der Waals surface area contributed by atoms with Gasteiger partial charge in [0.25, 0.3) is 11.8 Å². The molecule has 0 aromatic carbocycles. The minimum Gasteiger partial charge on any atom is -0.477 e. The molecule has 1 fully saturated rings. The van der Waals surface area contributed by atoms with Crippen molar-refractivity contribution >= 4 is 57.7 Å². The number of oxime groups is 1. The van der Waals surface area contributed by atoms with Crippen molar-refractivity contribution < 1.29 is 34.2 Å². The molecule has 0 unspecified atom stereocenters. The second kappa shape index (κ2) is 8.31. The number of nitrogens with one attached hydrogen (secondary N) is 1. The molecule has 2 atom stereocenters. The van der Waals surface area contributed by atoms with Gasteiger partial charge in [0.15, 0.2) is 10.8 Å². The van der Waals surface area contributed by atoms with Crippen molar-refractivity contribution in [1.82, 2.24) is 15.2 Å². The van der Waals surface area contributed by atoms with Crippen LogP contribution < -0.4 is 11.1 Å². The number of hydrogen-bond donors (Lipinski definition) is 4. The summed E-state index contributed by atoms with van der Waals surface area (Å²) in [4.78, 5) is 53.4. The Morgan fingerprint density at radius 2 is 2.13 bits per heavy atom. The van der Waals surface area contributed by atoms with Gasteiger partial charge < -0.3 is 26.1 Å². The molecule has 0 saturated carbocycles. The molecule has 2 amide bonds. The molecule has 1 saturated heterocycles. The van der Waals surface area contributed by atoms with Crippen molar-refractivity contribution in [2.45, 2.75) is 25.3 Å². The maximum absolute atomic E-state index is 12.6. The predicted octanol–water partition coefficient (Wildman–Crippen LogP) is -0.486. The number of aliphatic carboxylic acids is 1. The standard InChI is InChI=1S/C16H17N5O7S2/c1-5-8(19-16(17)30-5)9(20-27)12(23)18-10-13(24)21-11(15(25)26)7(3-28-6(2)22)4-29-14(10)21/h10,14,27H,3-4H2,1-2H3,(H2,17,19)(H,18,23)(H,25,26)/t10-,14-/m1/s1. The van der Waals surface area contributed by atoms with Crippen molar-refractivity contribution in [2.24, 2.45) is 5.16 Å². The highest BCUT2D eigenvalue weighted by molar-refractivity contribution is 8.00. The average molecular weight is 455 g/mol. The van der Waals surface area contributed by atoms with Crippen LogP contribution in [0, 0.1) is 6.92 Å². The lowest BCUT2D eigenvalue weighted by Gasteiger charge is -2.49. The number of nitrogens with two attached hydrogens (primary N) is 1. The molecular formula is C16H17N5O7S2. The number of fused-ring (bicyclic) bond motifs is 1. The summed E-state index contributed by atoms with van der Waals surface area (Å²) in [5.41, 5.74) is 5.30. The summed E-state index contributed by atoms with van der Waals surface area (Å²) in [5, 5.41) is 23.7. The molecule has 1 aromatic heterocycles. The smallest absolute Gasteiger partial charge is 0.352 e. The number of nitrogens with zero attached hydrogens (tertiary/aromatic N) is 3. The number of aryl methyl sites for hydroxylation is 1. The van der Waals surface area contributed by atoms with E-state index in [1.807, 2.05) is 0 Å². The van der Waals surface area contributed by atoms with Crippen LogP contribution in [0.1, 0.15) is 17.5 Å². The van der Waals surface area contributed by atoms with Crippen LogP contribution in [0.25, 0.3) is 0 Å². The molecule has 3 rings (SSSR count). The third-order valence-corrected chi connectivity index (χ3v) is 6.48. The zero-order valence-corrected chi connectivity index (χ0v) is 17.4. The van der Waals surface area contributed by atoms with E-state index < -0.39 is 40.9 Å². The Hall–Kier alpha value is -3.13. The highest BCUT2D eigenvalue weighted by Gasteiger charge is 2.54. The number of nitrogen functional groups attached to an aromatic ring is 1. The fourth-order valence-electron chi connectivity index (χ4n) is 3.03. The van der Waals surface area contributed by atoms with Crippen LogP contribution in [0.3, 0.4) is 0 Å². The molecule has 0 aliphatic carbocycles. The van der Waals surface area contributed by atoms with Gasteiger partial charge in [0.05, 0.1) is 0 Å². The van der Waals surface area contributed by atoms with Crippen molar-refractivity contribution in [2.75, 3.05) is 18.1 Å². The quantitative estimate of drug-likeness (QED) is 0.143. The van der Waals surface area contributed by atoms with Crippen LogP contribution >= 0.6 is 23.1 Å². The van der Waals surface area contributed by atoms with Gasteiger partial charge in [0, 0.05) is 23.1 Å². The fourth-order valence-corrected chi connectivity index (χ4v) is 5.05. The zero-order valence-electron chi connectivity index (χ0n) is 15.7. The van der Waals surface area contributed by atoms with Crippen molar-refractivity contribution in [3.05, 3.63) is 21.8 Å². The number of thioether (sulfide) groups is 1. The third-order valence-electron chi connectivity index (χ3n) is 4.34. The number of β-lactam (4-membered cyclic amide) rings is 1. The fraction of sp³-hybridized carbons (Fsp3) is 0.375. The minimum atomic E-state index is -1.34. The summed E-state index contributed by atoms with van der Waals surface area (Å²) in [6.45, 7) is 2.59. The first-order chi connectivity index (χ1) is 14.1. The van der Waals surface area contributed by atoms with E-state index in [1.54, 1.807) is 6.92 Å². The second-order valence-corrected chi connectivity index (χ2v) is 8.64. The van der Waals surface area contributed by atoms with Gasteiger partial charge in [-0.05, 0) is 6.92 Å². The number of carbonyl (C=O) groups excluding carboxylic acids is 3. The van der Waals surface area contributed by atoms with Crippen LogP contribution in [-0.2, 0) is 23.9 Å². The zero-order chi connectivity index (χ0) is 22.2. The molecular weight excluding hydrogens is 438 g/mol. The lowest BCUT2D eigenvalue weighted by Crippen LogP contribution is -2.71. The van der Waals surface area contributed by atoms with E-state index in [0.29, 0.717) is 4.88 Å². The molecule has 3 heterocycles. The van der Waals surface area contributed by atoms with E-state index in [-0.39, 0.29) is 34.5 Å². The summed E-state index contributed by atoms with van der Waals surface area (Å²) >= 11 is 2.32. The van der Waals surface area contributed by atoms with Gasteiger partial charge in [-0.15, -0.1) is 23.1 Å². The van der Waals surface area contributed by atoms with E-state index in [9.17, 15) is 29.5 Å². The van der Waals surface area contributed by atoms with Crippen molar-refractivity contribution in [3.8, 4) is 0 Å². The van der Waals surface area contributed by atoms with Gasteiger partial charge in [-0.3, -0.25) is 19.3 Å². The Balaban J connectivity index is 1.78. The summed E-state index contributed by atoms with van der Waals surface area (Å²) in [6.07, 6.45) is 0. The summed E-state index contributed by atoms with van der Waals surface area (Å²) in [5.74, 6) is -3.22. The second-order valence-electron chi connectivity index (χ2n) is 6.30. The first kappa shape index (κ1) is 21.6. The molecule has 30 heavy (non-hydrogen) atoms. The van der Waals surface area contributed by atoms with E-state index >= 15 is 0 Å². The maximum Gasteiger partial charge on any atom is 0.352 e. The third kappa shape index (κ3) is 3.82. The molecule has 0 radical (unpaired) electrons. The Kier molecular flexibility index (Phi) is 5.98. The number of amides is 2. The first-order valence-corrected chi connectivity index (χ1v) is 10.3. The molecule has 160 valence electrons. The Labute approximate surface area is 177 Å². The van der Waals surface area contributed by atoms with Crippen LogP contribution in [0.15, 0.2) is 16.4 Å². The van der Waals surface area contributed by atoms with Gasteiger partial charge in [0.1, 0.15) is 29.4 Å². The highest BCUT2D eigenvalue weighted by atomic mass is 32.2. The molecule has 2 aliphatic rings. The SMILES string of the molecule is CC(=O)OCC1=C(C(=O)O)N2C(=O)[C@@H](NC(=O)C(=NO)c3nc(N)sc3C)[C@H]2SC1. The highest BCUT2D eigenvalue weighted by Crippen LogP contribution is 2.40. The average Bonchev–Trinajstić information content (AvgIpc) is 3.01. The van der Waals surface area contributed by atoms with Gasteiger partial charge in [0.2, 0.25) is 0 Å². The number of carbonyl (C=O) groups is 4.